The van der Waals surface area contributed by atoms with Crippen LogP contribution < -0.4 is 19.7 Å². The molecule has 0 atom stereocenters. The Balaban J connectivity index is 1.81. The summed E-state index contributed by atoms with van der Waals surface area (Å²) in [5.41, 5.74) is 2.91. The number of ether oxygens (including phenoxy) is 2. The van der Waals surface area contributed by atoms with Crippen LogP contribution in [0.15, 0.2) is 43.0 Å². The minimum atomic E-state index is -0.243. The maximum Gasteiger partial charge on any atom is 0.263 e. The summed E-state index contributed by atoms with van der Waals surface area (Å²) < 4.78 is 11.7. The van der Waals surface area contributed by atoms with Gasteiger partial charge in [-0.3, -0.25) is 14.5 Å². The van der Waals surface area contributed by atoms with Gasteiger partial charge in [-0.1, -0.05) is 24.8 Å². The van der Waals surface area contributed by atoms with E-state index in [0.29, 0.717) is 34.1 Å². The lowest BCUT2D eigenvalue weighted by Gasteiger charge is -2.24. The zero-order valence-electron chi connectivity index (χ0n) is 16.7. The minimum Gasteiger partial charge on any atom is -0.493 e. The molecule has 0 radical (unpaired) electrons. The van der Waals surface area contributed by atoms with Crippen molar-refractivity contribution in [3.8, 4) is 11.5 Å². The fourth-order valence-corrected chi connectivity index (χ4v) is 4.00. The molecule has 0 bridgehead atoms. The molecule has 6 nitrogen and oxygen atoms in total. The molecule has 0 aromatic heterocycles. The Labute approximate surface area is 170 Å². The predicted molar refractivity (Wildman–Crippen MR) is 112 cm³/mol. The molecule has 6 heteroatoms. The summed E-state index contributed by atoms with van der Waals surface area (Å²) >= 11 is 0. The topological polar surface area (TPSA) is 67.9 Å². The highest BCUT2D eigenvalue weighted by molar-refractivity contribution is 6.23. The van der Waals surface area contributed by atoms with Crippen LogP contribution in [0.3, 0.4) is 0 Å². The van der Waals surface area contributed by atoms with Crippen molar-refractivity contribution in [3.63, 3.8) is 0 Å². The van der Waals surface area contributed by atoms with E-state index in [1.165, 1.54) is 11.8 Å². The number of carbonyl (C=O) groups is 2. The second-order valence-corrected chi connectivity index (χ2v) is 7.36. The van der Waals surface area contributed by atoms with Gasteiger partial charge in [-0.2, -0.15) is 0 Å². The average molecular weight is 392 g/mol. The minimum absolute atomic E-state index is 0.123. The lowest BCUT2D eigenvalue weighted by molar-refractivity contribution is -0.114. The molecule has 1 N–H and O–H groups in total. The van der Waals surface area contributed by atoms with Crippen LogP contribution in [-0.2, 0) is 4.79 Å². The van der Waals surface area contributed by atoms with Crippen LogP contribution >= 0.6 is 0 Å². The van der Waals surface area contributed by atoms with Gasteiger partial charge in [0.15, 0.2) is 11.5 Å². The van der Waals surface area contributed by atoms with Crippen molar-refractivity contribution in [3.05, 3.63) is 54.1 Å². The molecule has 2 aliphatic rings. The molecule has 0 unspecified atom stereocenters. The molecule has 0 saturated heterocycles. The quantitative estimate of drug-likeness (QED) is 0.807. The van der Waals surface area contributed by atoms with Gasteiger partial charge >= 0.3 is 0 Å². The molecule has 1 aliphatic carbocycles. The van der Waals surface area contributed by atoms with Crippen molar-refractivity contribution < 1.29 is 19.1 Å². The molecule has 2 aromatic rings. The second-order valence-electron chi connectivity index (χ2n) is 7.36. The maximum atomic E-state index is 13.1. The van der Waals surface area contributed by atoms with Gasteiger partial charge in [0.25, 0.3) is 5.91 Å². The van der Waals surface area contributed by atoms with Crippen LogP contribution in [0.5, 0.6) is 11.5 Å². The van der Waals surface area contributed by atoms with E-state index < -0.39 is 0 Å². The van der Waals surface area contributed by atoms with Gasteiger partial charge in [0.1, 0.15) is 0 Å². The molecule has 1 fully saturated rings. The van der Waals surface area contributed by atoms with Gasteiger partial charge in [0.05, 0.1) is 30.3 Å². The molecule has 29 heavy (non-hydrogen) atoms. The van der Waals surface area contributed by atoms with E-state index in [2.05, 4.69) is 11.9 Å². The summed E-state index contributed by atoms with van der Waals surface area (Å²) in [6.07, 6.45) is 4.39. The Morgan fingerprint density at radius 2 is 1.83 bits per heavy atom. The van der Waals surface area contributed by atoms with Crippen LogP contribution in [0, 0.1) is 0 Å². The predicted octanol–water partition coefficient (Wildman–Crippen LogP) is 4.61. The molecule has 0 spiro atoms. The van der Waals surface area contributed by atoms with E-state index in [9.17, 15) is 9.59 Å². The number of hydrogen-bond donors (Lipinski definition) is 1. The van der Waals surface area contributed by atoms with Crippen LogP contribution in [0.25, 0.3) is 5.70 Å². The number of fused-ring (bicyclic) bond motifs is 1. The first-order chi connectivity index (χ1) is 14.0. The van der Waals surface area contributed by atoms with Crippen LogP contribution in [0.4, 0.5) is 11.4 Å². The molecule has 4 rings (SSSR count). The Morgan fingerprint density at radius 3 is 2.45 bits per heavy atom. The number of hydrogen-bond acceptors (Lipinski definition) is 4. The lowest BCUT2D eigenvalue weighted by atomic mass is 10.1. The molecule has 2 amide bonds. The third-order valence-corrected chi connectivity index (χ3v) is 5.37. The van der Waals surface area contributed by atoms with E-state index in [4.69, 9.17) is 9.47 Å². The van der Waals surface area contributed by atoms with Gasteiger partial charge in [0, 0.05) is 30.2 Å². The van der Waals surface area contributed by atoms with Crippen molar-refractivity contribution in [1.29, 1.82) is 0 Å². The standard InChI is InChI=1S/C23H24N2O4/c1-14-17-10-6-7-11-18(17)23(27)25(14)20-13-22(29-16-8-4-5-9-16)21(28-3)12-19(20)24-15(2)26/h6-7,10-13,16H,1,4-5,8-9H2,2-3H3,(H,24,26). The molecule has 2 aromatic carbocycles. The zero-order chi connectivity index (χ0) is 20.5. The van der Waals surface area contributed by atoms with Crippen molar-refractivity contribution in [2.24, 2.45) is 0 Å². The summed E-state index contributed by atoms with van der Waals surface area (Å²) in [5.74, 6) is 0.640. The number of nitrogens with zero attached hydrogens (tertiary/aromatic N) is 1. The number of anilines is 2. The van der Waals surface area contributed by atoms with Gasteiger partial charge in [-0.05, 0) is 31.7 Å². The van der Waals surface area contributed by atoms with E-state index in [1.54, 1.807) is 25.3 Å². The molecular weight excluding hydrogens is 368 g/mol. The smallest absolute Gasteiger partial charge is 0.263 e. The number of nitrogens with one attached hydrogen (secondary N) is 1. The fraction of sp³-hybridized carbons (Fsp3) is 0.304. The van der Waals surface area contributed by atoms with Crippen molar-refractivity contribution in [1.82, 2.24) is 0 Å². The maximum absolute atomic E-state index is 13.1. The molecular formula is C23H24N2O4. The zero-order valence-corrected chi connectivity index (χ0v) is 16.7. The molecule has 150 valence electrons. The average Bonchev–Trinajstić information content (AvgIpc) is 3.30. The van der Waals surface area contributed by atoms with Gasteiger partial charge in [0.2, 0.25) is 5.91 Å². The Kier molecular flexibility index (Phi) is 5.01. The second kappa shape index (κ2) is 7.62. The lowest BCUT2D eigenvalue weighted by Crippen LogP contribution is -2.24. The van der Waals surface area contributed by atoms with E-state index >= 15 is 0 Å². The van der Waals surface area contributed by atoms with Crippen LogP contribution in [0.1, 0.15) is 48.5 Å². The van der Waals surface area contributed by atoms with Crippen molar-refractivity contribution in [2.45, 2.75) is 38.7 Å². The number of amides is 2. The Bertz CT molecular complexity index is 957. The molecule has 1 heterocycles. The normalized spacial score (nSPS) is 16.1. The number of methoxy groups -OCH3 is 1. The van der Waals surface area contributed by atoms with Gasteiger partial charge in [-0.25, -0.2) is 0 Å². The summed E-state index contributed by atoms with van der Waals surface area (Å²) in [5, 5.41) is 2.80. The largest absolute Gasteiger partial charge is 0.493 e. The fourth-order valence-electron chi connectivity index (χ4n) is 4.00. The van der Waals surface area contributed by atoms with Gasteiger partial charge in [-0.15, -0.1) is 0 Å². The van der Waals surface area contributed by atoms with E-state index in [-0.39, 0.29) is 17.9 Å². The molecule has 1 aliphatic heterocycles. The summed E-state index contributed by atoms with van der Waals surface area (Å²) in [4.78, 5) is 26.5. The highest BCUT2D eigenvalue weighted by atomic mass is 16.5. The first-order valence-corrected chi connectivity index (χ1v) is 9.78. The monoisotopic (exact) mass is 392 g/mol. The van der Waals surface area contributed by atoms with Crippen LogP contribution in [0.2, 0.25) is 0 Å². The van der Waals surface area contributed by atoms with E-state index in [0.717, 1.165) is 31.2 Å². The highest BCUT2D eigenvalue weighted by Gasteiger charge is 2.34. The van der Waals surface area contributed by atoms with Crippen molar-refractivity contribution in [2.75, 3.05) is 17.3 Å². The number of rotatable bonds is 5. The first-order valence-electron chi connectivity index (χ1n) is 9.78. The summed E-state index contributed by atoms with van der Waals surface area (Å²) in [7, 11) is 1.56. The third kappa shape index (κ3) is 3.46. The molecule has 1 saturated carbocycles. The summed E-state index contributed by atoms with van der Waals surface area (Å²) in [6, 6.07) is 10.8. The van der Waals surface area contributed by atoms with Crippen LogP contribution in [-0.4, -0.2) is 25.0 Å². The van der Waals surface area contributed by atoms with Gasteiger partial charge < -0.3 is 14.8 Å². The highest BCUT2D eigenvalue weighted by Crippen LogP contribution is 2.45. The SMILES string of the molecule is C=C1c2ccccc2C(=O)N1c1cc(OC2CCCC2)c(OC)cc1NC(C)=O. The summed E-state index contributed by atoms with van der Waals surface area (Å²) in [6.45, 7) is 5.55. The third-order valence-electron chi connectivity index (χ3n) is 5.37. The Morgan fingerprint density at radius 1 is 1.14 bits per heavy atom. The van der Waals surface area contributed by atoms with E-state index in [1.807, 2.05) is 18.2 Å². The van der Waals surface area contributed by atoms with Crippen molar-refractivity contribution >= 4 is 28.9 Å². The number of benzene rings is 2. The number of carbonyl (C=O) groups excluding carboxylic acids is 2. The first kappa shape index (κ1) is 19.1. The Hall–Kier alpha value is -3.28.